The highest BCUT2D eigenvalue weighted by atomic mass is 16.5. The smallest absolute Gasteiger partial charge is 0.332 e. The van der Waals surface area contributed by atoms with Gasteiger partial charge in [-0.25, -0.2) is 9.69 Å². The predicted molar refractivity (Wildman–Crippen MR) is 113 cm³/mol. The van der Waals surface area contributed by atoms with Gasteiger partial charge in [0.15, 0.2) is 0 Å². The van der Waals surface area contributed by atoms with E-state index in [9.17, 15) is 14.4 Å². The van der Waals surface area contributed by atoms with Crippen LogP contribution >= 0.6 is 0 Å². The summed E-state index contributed by atoms with van der Waals surface area (Å²) < 4.78 is 11.3. The number of esters is 1. The number of carbonyl (C=O) groups is 3. The molecule has 0 radical (unpaired) electrons. The molecule has 2 saturated heterocycles. The lowest BCUT2D eigenvalue weighted by Gasteiger charge is -2.34. The highest BCUT2D eigenvalue weighted by Gasteiger charge is 2.72. The van der Waals surface area contributed by atoms with Crippen molar-refractivity contribution < 1.29 is 23.9 Å². The Balaban J connectivity index is 1.67. The first kappa shape index (κ1) is 19.6. The van der Waals surface area contributed by atoms with E-state index >= 15 is 0 Å². The lowest BCUT2D eigenvalue weighted by Crippen LogP contribution is -2.51. The zero-order chi connectivity index (χ0) is 21.9. The van der Waals surface area contributed by atoms with Gasteiger partial charge < -0.3 is 14.4 Å². The number of urea groups is 1. The Morgan fingerprint density at radius 2 is 1.87 bits per heavy atom. The summed E-state index contributed by atoms with van der Waals surface area (Å²) in [7, 11) is 0. The summed E-state index contributed by atoms with van der Waals surface area (Å²) in [5.74, 6) is -1.40. The van der Waals surface area contributed by atoms with Gasteiger partial charge in [-0.05, 0) is 39.0 Å². The molecule has 5 rings (SSSR count). The van der Waals surface area contributed by atoms with Crippen LogP contribution in [0, 0.1) is 18.8 Å². The third-order valence-corrected chi connectivity index (χ3v) is 6.75. The van der Waals surface area contributed by atoms with Crippen molar-refractivity contribution in [1.29, 1.82) is 0 Å². The van der Waals surface area contributed by atoms with E-state index in [1.54, 1.807) is 30.9 Å². The van der Waals surface area contributed by atoms with Crippen LogP contribution < -0.4 is 9.64 Å². The third kappa shape index (κ3) is 2.55. The van der Waals surface area contributed by atoms with Crippen LogP contribution in [-0.4, -0.2) is 41.6 Å². The van der Waals surface area contributed by atoms with Gasteiger partial charge in [-0.1, -0.05) is 35.9 Å². The molecule has 2 aromatic rings. The van der Waals surface area contributed by atoms with Crippen molar-refractivity contribution in [2.75, 3.05) is 18.1 Å². The maximum absolute atomic E-state index is 13.8. The van der Waals surface area contributed by atoms with Gasteiger partial charge in [-0.15, -0.1) is 0 Å². The number of hydrogen-bond acceptors (Lipinski definition) is 5. The van der Waals surface area contributed by atoms with E-state index in [2.05, 4.69) is 0 Å². The summed E-state index contributed by atoms with van der Waals surface area (Å²) in [5, 5.41) is 0. The van der Waals surface area contributed by atoms with E-state index in [4.69, 9.17) is 9.47 Å². The summed E-state index contributed by atoms with van der Waals surface area (Å²) in [4.78, 5) is 43.4. The molecular weight excluding hydrogens is 396 g/mol. The molecule has 31 heavy (non-hydrogen) atoms. The quantitative estimate of drug-likeness (QED) is 0.561. The normalized spacial score (nSPS) is 28.7. The average Bonchev–Trinajstić information content (AvgIpc) is 3.14. The summed E-state index contributed by atoms with van der Waals surface area (Å²) in [6.07, 6.45) is 0. The van der Waals surface area contributed by atoms with Gasteiger partial charge in [0, 0.05) is 11.5 Å². The van der Waals surface area contributed by atoms with Crippen LogP contribution in [0.3, 0.4) is 0 Å². The lowest BCUT2D eigenvalue weighted by molar-refractivity contribution is -0.154. The Morgan fingerprint density at radius 1 is 1.16 bits per heavy atom. The molecule has 7 nitrogen and oxygen atoms in total. The Labute approximate surface area is 180 Å². The molecule has 0 N–H and O–H groups in total. The molecule has 4 atom stereocenters. The zero-order valence-electron chi connectivity index (χ0n) is 17.7. The molecule has 3 amide bonds. The SMILES string of the molecule is CCOC(=O)C1C2COc3ccccc3C2N2C(=O)N(c3ccc(C)cc3)C(=O)[C@]12C. The Kier molecular flexibility index (Phi) is 4.32. The van der Waals surface area contributed by atoms with Crippen LogP contribution in [0.4, 0.5) is 10.5 Å². The standard InChI is InChI=1S/C24H24N2O5/c1-4-30-21(27)19-17-13-31-18-8-6-5-7-16(18)20(17)26-23(29)25(22(28)24(19,26)3)15-11-9-14(2)10-12-15/h5-12,17,19-20H,4,13H2,1-3H3/t17?,19?,20?,24-/m0/s1. The minimum atomic E-state index is -1.36. The number of ether oxygens (including phenoxy) is 2. The number of rotatable bonds is 3. The number of amides is 3. The molecule has 7 heteroatoms. The van der Waals surface area contributed by atoms with E-state index in [0.29, 0.717) is 11.4 Å². The number of para-hydroxylation sites is 1. The van der Waals surface area contributed by atoms with Crippen molar-refractivity contribution in [2.24, 2.45) is 11.8 Å². The highest BCUT2D eigenvalue weighted by molar-refractivity contribution is 6.24. The third-order valence-electron chi connectivity index (χ3n) is 6.75. The molecular formula is C24H24N2O5. The van der Waals surface area contributed by atoms with E-state index in [0.717, 1.165) is 11.1 Å². The van der Waals surface area contributed by atoms with Crippen molar-refractivity contribution in [3.63, 3.8) is 0 Å². The van der Waals surface area contributed by atoms with Crippen LogP contribution in [0.25, 0.3) is 0 Å². The second kappa shape index (κ2) is 6.83. The number of nitrogens with zero attached hydrogens (tertiary/aromatic N) is 2. The molecule has 0 spiro atoms. The van der Waals surface area contributed by atoms with Crippen LogP contribution in [0.1, 0.15) is 31.0 Å². The number of hydrogen-bond donors (Lipinski definition) is 0. The fraction of sp³-hybridized carbons (Fsp3) is 0.375. The Morgan fingerprint density at radius 3 is 2.58 bits per heavy atom. The van der Waals surface area contributed by atoms with Gasteiger partial charge >= 0.3 is 12.0 Å². The Hall–Kier alpha value is -3.35. The topological polar surface area (TPSA) is 76.2 Å². The fourth-order valence-electron chi connectivity index (χ4n) is 5.36. The van der Waals surface area contributed by atoms with E-state index in [1.807, 2.05) is 43.3 Å². The average molecular weight is 420 g/mol. The highest BCUT2D eigenvalue weighted by Crippen LogP contribution is 2.58. The fourth-order valence-corrected chi connectivity index (χ4v) is 5.36. The first-order valence-electron chi connectivity index (χ1n) is 10.5. The van der Waals surface area contributed by atoms with Crippen molar-refractivity contribution in [1.82, 2.24) is 4.90 Å². The number of fused-ring (bicyclic) bond motifs is 5. The second-order valence-electron chi connectivity index (χ2n) is 8.46. The van der Waals surface area contributed by atoms with Gasteiger partial charge in [-0.2, -0.15) is 0 Å². The number of aryl methyl sites for hydroxylation is 1. The van der Waals surface area contributed by atoms with Gasteiger partial charge in [-0.3, -0.25) is 9.59 Å². The monoisotopic (exact) mass is 420 g/mol. The number of imide groups is 1. The van der Waals surface area contributed by atoms with Gasteiger partial charge in [0.2, 0.25) is 0 Å². The van der Waals surface area contributed by atoms with Crippen LogP contribution in [0.5, 0.6) is 5.75 Å². The predicted octanol–water partition coefficient (Wildman–Crippen LogP) is 3.47. The number of benzene rings is 2. The molecule has 0 aromatic heterocycles. The second-order valence-corrected chi connectivity index (χ2v) is 8.46. The number of anilines is 1. The lowest BCUT2D eigenvalue weighted by atomic mass is 9.77. The van der Waals surface area contributed by atoms with Crippen molar-refractivity contribution in [3.05, 3.63) is 59.7 Å². The van der Waals surface area contributed by atoms with Gasteiger partial charge in [0.05, 0.1) is 30.9 Å². The van der Waals surface area contributed by atoms with Crippen molar-refractivity contribution in [2.45, 2.75) is 32.4 Å². The van der Waals surface area contributed by atoms with E-state index < -0.39 is 35.4 Å². The minimum Gasteiger partial charge on any atom is -0.493 e. The summed E-state index contributed by atoms with van der Waals surface area (Å²) in [5.41, 5.74) is 0.974. The first-order chi connectivity index (χ1) is 14.9. The molecule has 3 aliphatic rings. The molecule has 3 unspecified atom stereocenters. The van der Waals surface area contributed by atoms with Gasteiger partial charge in [0.25, 0.3) is 5.91 Å². The molecule has 0 aliphatic carbocycles. The maximum atomic E-state index is 13.8. The van der Waals surface area contributed by atoms with Crippen molar-refractivity contribution >= 4 is 23.6 Å². The largest absolute Gasteiger partial charge is 0.493 e. The number of carbonyl (C=O) groups excluding carboxylic acids is 3. The molecule has 3 heterocycles. The Bertz CT molecular complexity index is 1080. The first-order valence-corrected chi connectivity index (χ1v) is 10.5. The molecule has 0 bridgehead atoms. The molecule has 3 aliphatic heterocycles. The molecule has 2 fully saturated rings. The zero-order valence-corrected chi connectivity index (χ0v) is 17.7. The van der Waals surface area contributed by atoms with Gasteiger partial charge in [0.1, 0.15) is 11.3 Å². The summed E-state index contributed by atoms with van der Waals surface area (Å²) >= 11 is 0. The minimum absolute atomic E-state index is 0.198. The van der Waals surface area contributed by atoms with Crippen LogP contribution in [-0.2, 0) is 14.3 Å². The molecule has 160 valence electrons. The van der Waals surface area contributed by atoms with Crippen LogP contribution in [0.15, 0.2) is 48.5 Å². The van der Waals surface area contributed by atoms with E-state index in [-0.39, 0.29) is 19.1 Å². The molecule has 2 aromatic carbocycles. The van der Waals surface area contributed by atoms with Crippen LogP contribution in [0.2, 0.25) is 0 Å². The van der Waals surface area contributed by atoms with E-state index in [1.165, 1.54) is 4.90 Å². The van der Waals surface area contributed by atoms with Crippen molar-refractivity contribution in [3.8, 4) is 5.75 Å². The maximum Gasteiger partial charge on any atom is 0.332 e. The summed E-state index contributed by atoms with van der Waals surface area (Å²) in [6.45, 7) is 5.80. The summed E-state index contributed by atoms with van der Waals surface area (Å²) in [6, 6.07) is 13.8. The molecule has 0 saturated carbocycles.